The number of thiophene rings is 1. The molecule has 0 amide bonds. The SMILES string of the molecule is CCC(CC)c1cc(C)nn2c(-c3sccc3C3SC=CN3Cl)c(C)nc12. The summed E-state index contributed by atoms with van der Waals surface area (Å²) in [5.74, 6) is 0.500. The van der Waals surface area contributed by atoms with Gasteiger partial charge in [0.25, 0.3) is 0 Å². The molecule has 1 aliphatic rings. The van der Waals surface area contributed by atoms with Crippen molar-refractivity contribution in [1.29, 1.82) is 0 Å². The van der Waals surface area contributed by atoms with E-state index in [0.29, 0.717) is 5.92 Å². The first-order valence-corrected chi connectivity index (χ1v) is 11.4. The van der Waals surface area contributed by atoms with Gasteiger partial charge in [-0.05, 0) is 55.5 Å². The number of halogens is 1. The zero-order valence-corrected chi connectivity index (χ0v) is 18.3. The number of hydrogen-bond donors (Lipinski definition) is 0. The Bertz CT molecular complexity index is 1000. The van der Waals surface area contributed by atoms with Crippen molar-refractivity contribution in [3.8, 4) is 10.6 Å². The van der Waals surface area contributed by atoms with Crippen LogP contribution in [0.1, 0.15) is 60.5 Å². The zero-order chi connectivity index (χ0) is 19.1. The third-order valence-electron chi connectivity index (χ3n) is 5.15. The van der Waals surface area contributed by atoms with Crippen molar-refractivity contribution < 1.29 is 0 Å². The fourth-order valence-corrected chi connectivity index (χ4v) is 6.12. The first-order valence-electron chi connectivity index (χ1n) is 9.26. The highest BCUT2D eigenvalue weighted by Crippen LogP contribution is 2.46. The van der Waals surface area contributed by atoms with Gasteiger partial charge < -0.3 is 0 Å². The summed E-state index contributed by atoms with van der Waals surface area (Å²) in [5.41, 5.74) is 6.63. The maximum absolute atomic E-state index is 6.38. The molecule has 0 bridgehead atoms. The van der Waals surface area contributed by atoms with Gasteiger partial charge in [0, 0.05) is 29.1 Å². The minimum atomic E-state index is 0.0844. The summed E-state index contributed by atoms with van der Waals surface area (Å²) in [6.07, 6.45) is 4.12. The minimum absolute atomic E-state index is 0.0844. The predicted octanol–water partition coefficient (Wildman–Crippen LogP) is 6.65. The monoisotopic (exact) mass is 418 g/mol. The molecule has 4 rings (SSSR count). The fraction of sp³-hybridized carbons (Fsp3) is 0.400. The Morgan fingerprint density at radius 1 is 1.26 bits per heavy atom. The van der Waals surface area contributed by atoms with Gasteiger partial charge >= 0.3 is 0 Å². The van der Waals surface area contributed by atoms with Crippen LogP contribution in [-0.4, -0.2) is 19.0 Å². The van der Waals surface area contributed by atoms with Crippen molar-refractivity contribution in [3.05, 3.63) is 51.6 Å². The standard InChI is InChI=1S/C20H23ClN4S2/c1-5-14(6-2)16-11-12(3)23-25-17(13(4)22-19(16)25)18-15(7-9-26-18)20-24(21)8-10-27-20/h7-11,14,20H,5-6H2,1-4H3. The van der Waals surface area contributed by atoms with Gasteiger partial charge in [-0.2, -0.15) is 5.10 Å². The lowest BCUT2D eigenvalue weighted by Crippen LogP contribution is -2.07. The molecule has 7 heteroatoms. The normalized spacial score (nSPS) is 17.0. The molecule has 27 heavy (non-hydrogen) atoms. The molecule has 0 saturated carbocycles. The number of hydrogen-bond acceptors (Lipinski definition) is 5. The largest absolute Gasteiger partial charge is 0.274 e. The lowest BCUT2D eigenvalue weighted by atomic mass is 9.95. The van der Waals surface area contributed by atoms with E-state index in [1.807, 2.05) is 11.6 Å². The first kappa shape index (κ1) is 18.8. The Kier molecular flexibility index (Phi) is 5.23. The number of rotatable bonds is 5. The third kappa shape index (κ3) is 3.18. The molecule has 4 nitrogen and oxygen atoms in total. The second-order valence-corrected chi connectivity index (χ2v) is 9.16. The van der Waals surface area contributed by atoms with E-state index < -0.39 is 0 Å². The fourth-order valence-electron chi connectivity index (χ4n) is 3.78. The highest BCUT2D eigenvalue weighted by Gasteiger charge is 2.28. The molecule has 0 N–H and O–H groups in total. The summed E-state index contributed by atoms with van der Waals surface area (Å²) >= 11 is 9.83. The van der Waals surface area contributed by atoms with Crippen LogP contribution in [0.3, 0.4) is 0 Å². The van der Waals surface area contributed by atoms with Crippen molar-refractivity contribution in [2.45, 2.75) is 51.8 Å². The molecule has 0 aliphatic carbocycles. The van der Waals surface area contributed by atoms with E-state index in [-0.39, 0.29) is 5.37 Å². The predicted molar refractivity (Wildman–Crippen MR) is 116 cm³/mol. The molecule has 3 aromatic heterocycles. The molecule has 0 spiro atoms. The van der Waals surface area contributed by atoms with Gasteiger partial charge in [-0.15, -0.1) is 23.1 Å². The van der Waals surface area contributed by atoms with Gasteiger partial charge in [-0.25, -0.2) is 9.50 Å². The molecule has 0 aromatic carbocycles. The van der Waals surface area contributed by atoms with Crippen molar-refractivity contribution in [1.82, 2.24) is 19.0 Å². The average molecular weight is 419 g/mol. The lowest BCUT2D eigenvalue weighted by Gasteiger charge is -2.18. The van der Waals surface area contributed by atoms with Crippen LogP contribution in [-0.2, 0) is 0 Å². The van der Waals surface area contributed by atoms with Gasteiger partial charge in [0.2, 0.25) is 0 Å². The Hall–Kier alpha value is -1.50. The van der Waals surface area contributed by atoms with Crippen LogP contribution in [0.4, 0.5) is 0 Å². The number of aromatic nitrogens is 3. The average Bonchev–Trinajstić information content (AvgIpc) is 3.33. The van der Waals surface area contributed by atoms with Gasteiger partial charge in [0.05, 0.1) is 16.3 Å². The molecule has 1 unspecified atom stereocenters. The van der Waals surface area contributed by atoms with E-state index in [4.69, 9.17) is 21.9 Å². The van der Waals surface area contributed by atoms with E-state index in [9.17, 15) is 0 Å². The maximum Gasteiger partial charge on any atom is 0.158 e. The highest BCUT2D eigenvalue weighted by atomic mass is 35.5. The van der Waals surface area contributed by atoms with Crippen LogP contribution in [0.5, 0.6) is 0 Å². The lowest BCUT2D eigenvalue weighted by molar-refractivity contribution is 0.598. The number of thioether (sulfide) groups is 1. The number of aryl methyl sites for hydroxylation is 2. The van der Waals surface area contributed by atoms with Crippen molar-refractivity contribution in [2.75, 3.05) is 0 Å². The third-order valence-corrected chi connectivity index (χ3v) is 7.52. The topological polar surface area (TPSA) is 33.4 Å². The summed E-state index contributed by atoms with van der Waals surface area (Å²) in [7, 11) is 0. The Balaban J connectivity index is 1.92. The van der Waals surface area contributed by atoms with E-state index >= 15 is 0 Å². The van der Waals surface area contributed by atoms with E-state index in [1.165, 1.54) is 16.0 Å². The van der Waals surface area contributed by atoms with Crippen LogP contribution in [0.2, 0.25) is 0 Å². The molecule has 3 aromatic rings. The van der Waals surface area contributed by atoms with Crippen molar-refractivity contribution >= 4 is 40.5 Å². The molecule has 0 fully saturated rings. The van der Waals surface area contributed by atoms with Crippen LogP contribution in [0.15, 0.2) is 29.1 Å². The van der Waals surface area contributed by atoms with E-state index in [0.717, 1.165) is 35.6 Å². The first-order chi connectivity index (χ1) is 13.0. The summed E-state index contributed by atoms with van der Waals surface area (Å²) in [4.78, 5) is 6.15. The van der Waals surface area contributed by atoms with Crippen molar-refractivity contribution in [3.63, 3.8) is 0 Å². The van der Waals surface area contributed by atoms with Gasteiger partial charge in [-0.1, -0.05) is 13.8 Å². The van der Waals surface area contributed by atoms with Crippen LogP contribution >= 0.6 is 34.9 Å². The molecular formula is C20H23ClN4S2. The number of nitrogens with zero attached hydrogens (tertiary/aromatic N) is 4. The Morgan fingerprint density at radius 2 is 2.04 bits per heavy atom. The molecule has 0 saturated heterocycles. The Labute approximate surface area is 173 Å². The summed E-state index contributed by atoms with van der Waals surface area (Å²) in [5, 5.41) is 9.09. The van der Waals surface area contributed by atoms with Crippen LogP contribution in [0, 0.1) is 13.8 Å². The molecule has 1 atom stereocenters. The van der Waals surface area contributed by atoms with Crippen molar-refractivity contribution in [2.24, 2.45) is 0 Å². The highest BCUT2D eigenvalue weighted by molar-refractivity contribution is 8.02. The second-order valence-electron chi connectivity index (χ2n) is 6.86. The van der Waals surface area contributed by atoms with Gasteiger partial charge in [0.1, 0.15) is 11.1 Å². The number of imidazole rings is 1. The van der Waals surface area contributed by atoms with E-state index in [2.05, 4.69) is 49.7 Å². The van der Waals surface area contributed by atoms with Crippen LogP contribution < -0.4 is 0 Å². The molecule has 4 heterocycles. The van der Waals surface area contributed by atoms with Gasteiger partial charge in [0.15, 0.2) is 5.65 Å². The zero-order valence-electron chi connectivity index (χ0n) is 15.9. The molecule has 0 radical (unpaired) electrons. The summed E-state index contributed by atoms with van der Waals surface area (Å²) < 4.78 is 3.79. The summed E-state index contributed by atoms with van der Waals surface area (Å²) in [6, 6.07) is 4.37. The molecular weight excluding hydrogens is 396 g/mol. The smallest absolute Gasteiger partial charge is 0.158 e. The van der Waals surface area contributed by atoms with Gasteiger partial charge in [-0.3, -0.25) is 4.42 Å². The van der Waals surface area contributed by atoms with Crippen LogP contribution in [0.25, 0.3) is 16.2 Å². The van der Waals surface area contributed by atoms with E-state index in [1.54, 1.807) is 27.5 Å². The summed E-state index contributed by atoms with van der Waals surface area (Å²) in [6.45, 7) is 8.64. The maximum atomic E-state index is 6.38. The molecule has 1 aliphatic heterocycles. The quantitative estimate of drug-likeness (QED) is 0.434. The second kappa shape index (κ2) is 7.49. The molecule has 142 valence electrons. The Morgan fingerprint density at radius 3 is 2.70 bits per heavy atom. The minimum Gasteiger partial charge on any atom is -0.274 e. The number of fused-ring (bicyclic) bond motifs is 1.